The number of urea groups is 1. The Morgan fingerprint density at radius 3 is 2.36 bits per heavy atom. The largest absolute Gasteiger partial charge is 0.481 e. The third kappa shape index (κ3) is 4.48. The van der Waals surface area contributed by atoms with Crippen molar-refractivity contribution in [1.82, 2.24) is 10.6 Å². The number of benzene rings is 1. The second kappa shape index (κ2) is 7.46. The van der Waals surface area contributed by atoms with Crippen LogP contribution in [0.1, 0.15) is 36.8 Å². The van der Waals surface area contributed by atoms with Crippen LogP contribution in [0.5, 0.6) is 0 Å². The molecular formula is C16H19N3O3. The summed E-state index contributed by atoms with van der Waals surface area (Å²) in [4.78, 5) is 22.7. The van der Waals surface area contributed by atoms with Gasteiger partial charge in [-0.1, -0.05) is 12.1 Å². The van der Waals surface area contributed by atoms with Gasteiger partial charge < -0.3 is 15.7 Å². The van der Waals surface area contributed by atoms with E-state index in [2.05, 4.69) is 10.6 Å². The van der Waals surface area contributed by atoms with Gasteiger partial charge in [-0.25, -0.2) is 4.79 Å². The van der Waals surface area contributed by atoms with Crippen LogP contribution < -0.4 is 10.6 Å². The second-order valence-corrected chi connectivity index (χ2v) is 5.52. The van der Waals surface area contributed by atoms with Crippen LogP contribution in [0.3, 0.4) is 0 Å². The zero-order valence-electron chi connectivity index (χ0n) is 12.2. The number of carbonyl (C=O) groups excluding carboxylic acids is 1. The predicted molar refractivity (Wildman–Crippen MR) is 79.9 cm³/mol. The molecule has 2 rings (SSSR count). The Hall–Kier alpha value is -2.55. The first kappa shape index (κ1) is 15.8. The summed E-state index contributed by atoms with van der Waals surface area (Å²) < 4.78 is 0. The van der Waals surface area contributed by atoms with Gasteiger partial charge in [0, 0.05) is 12.6 Å². The molecule has 1 aromatic rings. The lowest BCUT2D eigenvalue weighted by Gasteiger charge is -2.26. The van der Waals surface area contributed by atoms with E-state index in [-0.39, 0.29) is 18.0 Å². The van der Waals surface area contributed by atoms with Gasteiger partial charge in [-0.3, -0.25) is 4.79 Å². The summed E-state index contributed by atoms with van der Waals surface area (Å²) in [5, 5.41) is 23.3. The first-order chi connectivity index (χ1) is 10.6. The van der Waals surface area contributed by atoms with Gasteiger partial charge in [0.2, 0.25) is 0 Å². The third-order valence-corrected chi connectivity index (χ3v) is 3.95. The van der Waals surface area contributed by atoms with Crippen molar-refractivity contribution in [2.24, 2.45) is 5.92 Å². The molecule has 3 N–H and O–H groups in total. The van der Waals surface area contributed by atoms with Gasteiger partial charge in [0.15, 0.2) is 0 Å². The number of carbonyl (C=O) groups is 2. The van der Waals surface area contributed by atoms with Crippen LogP contribution in [0.4, 0.5) is 4.79 Å². The molecule has 0 aromatic heterocycles. The molecule has 0 bridgehead atoms. The monoisotopic (exact) mass is 301 g/mol. The SMILES string of the molecule is N#Cc1ccc(CNC(=O)NC2CCC(C(=O)O)CC2)cc1. The lowest BCUT2D eigenvalue weighted by molar-refractivity contribution is -0.142. The molecule has 0 atom stereocenters. The molecule has 22 heavy (non-hydrogen) atoms. The third-order valence-electron chi connectivity index (χ3n) is 3.95. The molecular weight excluding hydrogens is 282 g/mol. The molecule has 0 aliphatic heterocycles. The van der Waals surface area contributed by atoms with E-state index in [4.69, 9.17) is 10.4 Å². The quantitative estimate of drug-likeness (QED) is 0.791. The number of hydrogen-bond donors (Lipinski definition) is 3. The number of aliphatic carboxylic acids is 1. The lowest BCUT2D eigenvalue weighted by Crippen LogP contribution is -2.43. The van der Waals surface area contributed by atoms with Crippen LogP contribution in [0.2, 0.25) is 0 Å². The maximum Gasteiger partial charge on any atom is 0.315 e. The predicted octanol–water partition coefficient (Wildman–Crippen LogP) is 2.00. The summed E-state index contributed by atoms with van der Waals surface area (Å²) in [6.07, 6.45) is 2.61. The van der Waals surface area contributed by atoms with Gasteiger partial charge in [0.1, 0.15) is 0 Å². The van der Waals surface area contributed by atoms with Crippen molar-refractivity contribution in [2.75, 3.05) is 0 Å². The topological polar surface area (TPSA) is 102 Å². The fourth-order valence-electron chi connectivity index (χ4n) is 2.60. The van der Waals surface area contributed by atoms with E-state index in [0.717, 1.165) is 5.56 Å². The Kier molecular flexibility index (Phi) is 5.37. The normalized spacial score (nSPS) is 20.7. The number of carboxylic acid groups (broad SMARTS) is 1. The molecule has 0 spiro atoms. The fourth-order valence-corrected chi connectivity index (χ4v) is 2.60. The molecule has 2 amide bonds. The Labute approximate surface area is 129 Å². The molecule has 0 heterocycles. The van der Waals surface area contributed by atoms with Crippen LogP contribution in [0, 0.1) is 17.2 Å². The highest BCUT2D eigenvalue weighted by Crippen LogP contribution is 2.24. The number of nitrogens with zero attached hydrogens (tertiary/aromatic N) is 1. The summed E-state index contributed by atoms with van der Waals surface area (Å²) in [6.45, 7) is 0.391. The first-order valence-corrected chi connectivity index (χ1v) is 7.34. The number of nitrogens with one attached hydrogen (secondary N) is 2. The smallest absolute Gasteiger partial charge is 0.315 e. The molecule has 1 aromatic carbocycles. The van der Waals surface area contributed by atoms with Crippen molar-refractivity contribution in [2.45, 2.75) is 38.3 Å². The lowest BCUT2D eigenvalue weighted by atomic mass is 9.86. The number of carboxylic acids is 1. The molecule has 6 heteroatoms. The Balaban J connectivity index is 1.72. The molecule has 0 unspecified atom stereocenters. The van der Waals surface area contributed by atoms with Gasteiger partial charge in [0.25, 0.3) is 0 Å². The maximum atomic E-state index is 11.8. The molecule has 1 saturated carbocycles. The van der Waals surface area contributed by atoms with Gasteiger partial charge in [0.05, 0.1) is 17.6 Å². The average molecular weight is 301 g/mol. The van der Waals surface area contributed by atoms with Gasteiger partial charge in [-0.15, -0.1) is 0 Å². The summed E-state index contributed by atoms with van der Waals surface area (Å²) in [7, 11) is 0. The maximum absolute atomic E-state index is 11.8. The van der Waals surface area contributed by atoms with Gasteiger partial charge in [-0.05, 0) is 43.4 Å². The molecule has 0 saturated heterocycles. The number of amides is 2. The molecule has 116 valence electrons. The highest BCUT2D eigenvalue weighted by Gasteiger charge is 2.26. The van der Waals surface area contributed by atoms with Crippen LogP contribution in [0.25, 0.3) is 0 Å². The zero-order chi connectivity index (χ0) is 15.9. The fraction of sp³-hybridized carbons (Fsp3) is 0.438. The van der Waals surface area contributed by atoms with E-state index in [0.29, 0.717) is 37.8 Å². The summed E-state index contributed by atoms with van der Waals surface area (Å²) in [5.41, 5.74) is 1.51. The second-order valence-electron chi connectivity index (χ2n) is 5.52. The standard InChI is InChI=1S/C16H19N3O3/c17-9-11-1-3-12(4-2-11)10-18-16(22)19-14-7-5-13(6-8-14)15(20)21/h1-4,13-14H,5-8,10H2,(H,20,21)(H2,18,19,22). The minimum absolute atomic E-state index is 0.0385. The van der Waals surface area contributed by atoms with Crippen LogP contribution >= 0.6 is 0 Å². The van der Waals surface area contributed by atoms with Crippen molar-refractivity contribution in [1.29, 1.82) is 5.26 Å². The summed E-state index contributed by atoms with van der Waals surface area (Å²) >= 11 is 0. The minimum Gasteiger partial charge on any atom is -0.481 e. The van der Waals surface area contributed by atoms with E-state index in [1.807, 2.05) is 6.07 Å². The van der Waals surface area contributed by atoms with E-state index in [9.17, 15) is 9.59 Å². The van der Waals surface area contributed by atoms with Crippen LogP contribution in [0.15, 0.2) is 24.3 Å². The highest BCUT2D eigenvalue weighted by molar-refractivity contribution is 5.74. The van der Waals surface area contributed by atoms with Gasteiger partial charge in [-0.2, -0.15) is 5.26 Å². The zero-order valence-corrected chi connectivity index (χ0v) is 12.2. The molecule has 1 fully saturated rings. The first-order valence-electron chi connectivity index (χ1n) is 7.34. The van der Waals surface area contributed by atoms with E-state index in [1.165, 1.54) is 0 Å². The summed E-state index contributed by atoms with van der Waals surface area (Å²) in [6, 6.07) is 8.86. The minimum atomic E-state index is -0.747. The molecule has 0 radical (unpaired) electrons. The van der Waals surface area contributed by atoms with Crippen molar-refractivity contribution < 1.29 is 14.7 Å². The number of hydrogen-bond acceptors (Lipinski definition) is 3. The van der Waals surface area contributed by atoms with Gasteiger partial charge >= 0.3 is 12.0 Å². The van der Waals surface area contributed by atoms with Crippen LogP contribution in [-0.4, -0.2) is 23.1 Å². The number of nitriles is 1. The van der Waals surface area contributed by atoms with Crippen molar-refractivity contribution in [3.05, 3.63) is 35.4 Å². The molecule has 6 nitrogen and oxygen atoms in total. The van der Waals surface area contributed by atoms with E-state index < -0.39 is 5.97 Å². The van der Waals surface area contributed by atoms with E-state index >= 15 is 0 Å². The Morgan fingerprint density at radius 1 is 1.18 bits per heavy atom. The van der Waals surface area contributed by atoms with Crippen molar-refractivity contribution >= 4 is 12.0 Å². The number of rotatable bonds is 4. The molecule has 1 aliphatic carbocycles. The highest BCUT2D eigenvalue weighted by atomic mass is 16.4. The van der Waals surface area contributed by atoms with Crippen LogP contribution in [-0.2, 0) is 11.3 Å². The average Bonchev–Trinajstić information content (AvgIpc) is 2.54. The van der Waals surface area contributed by atoms with Crippen molar-refractivity contribution in [3.8, 4) is 6.07 Å². The molecule has 1 aliphatic rings. The van der Waals surface area contributed by atoms with E-state index in [1.54, 1.807) is 24.3 Å². The van der Waals surface area contributed by atoms with Crippen molar-refractivity contribution in [3.63, 3.8) is 0 Å². The Bertz CT molecular complexity index is 569. The Morgan fingerprint density at radius 2 is 1.82 bits per heavy atom. The summed E-state index contributed by atoms with van der Waals surface area (Å²) in [5.74, 6) is -1.02.